The third-order valence-electron chi connectivity index (χ3n) is 5.09. The fourth-order valence-corrected chi connectivity index (χ4v) is 3.30. The predicted octanol–water partition coefficient (Wildman–Crippen LogP) is 1.91. The van der Waals surface area contributed by atoms with Gasteiger partial charge in [0.25, 0.3) is 5.91 Å². The number of aromatic nitrogens is 3. The van der Waals surface area contributed by atoms with E-state index in [1.165, 1.54) is 0 Å². The minimum absolute atomic E-state index is 0.0128. The van der Waals surface area contributed by atoms with E-state index in [9.17, 15) is 14.7 Å². The van der Waals surface area contributed by atoms with Gasteiger partial charge in [-0.15, -0.1) is 0 Å². The van der Waals surface area contributed by atoms with Crippen LogP contribution in [0.1, 0.15) is 49.0 Å². The molecule has 8 heteroatoms. The van der Waals surface area contributed by atoms with E-state index < -0.39 is 11.4 Å². The molecule has 132 valence electrons. The summed E-state index contributed by atoms with van der Waals surface area (Å²) in [5.41, 5.74) is 0.285. The highest BCUT2D eigenvalue weighted by molar-refractivity contribution is 5.94. The summed E-state index contributed by atoms with van der Waals surface area (Å²) in [4.78, 5) is 30.2. The van der Waals surface area contributed by atoms with Gasteiger partial charge in [-0.3, -0.25) is 9.59 Å². The Labute approximate surface area is 144 Å². The van der Waals surface area contributed by atoms with Crippen molar-refractivity contribution in [2.24, 2.45) is 0 Å². The van der Waals surface area contributed by atoms with Crippen LogP contribution in [0.4, 0.5) is 0 Å². The third kappa shape index (κ3) is 2.43. The second-order valence-electron chi connectivity index (χ2n) is 6.71. The Morgan fingerprint density at radius 1 is 1.32 bits per heavy atom. The maximum atomic E-state index is 12.6. The number of amides is 1. The highest BCUT2D eigenvalue weighted by Crippen LogP contribution is 2.48. The smallest absolute Gasteiger partial charge is 0.319 e. The molecule has 25 heavy (non-hydrogen) atoms. The van der Waals surface area contributed by atoms with E-state index in [1.807, 2.05) is 9.47 Å². The molecule has 1 aliphatic carbocycles. The van der Waals surface area contributed by atoms with Crippen LogP contribution in [-0.2, 0) is 16.8 Å². The summed E-state index contributed by atoms with van der Waals surface area (Å²) in [7, 11) is 0. The minimum Gasteiger partial charge on any atom is -0.480 e. The van der Waals surface area contributed by atoms with Crippen LogP contribution in [0.25, 0.3) is 11.5 Å². The van der Waals surface area contributed by atoms with Gasteiger partial charge in [0.2, 0.25) is 11.7 Å². The highest BCUT2D eigenvalue weighted by Gasteiger charge is 2.56. The average molecular weight is 344 g/mol. The largest absolute Gasteiger partial charge is 0.480 e. The van der Waals surface area contributed by atoms with Crippen LogP contribution in [0.3, 0.4) is 0 Å². The third-order valence-corrected chi connectivity index (χ3v) is 5.09. The minimum atomic E-state index is -1.02. The van der Waals surface area contributed by atoms with Crippen LogP contribution in [0, 0.1) is 0 Å². The summed E-state index contributed by atoms with van der Waals surface area (Å²) in [5.74, 6) is -0.429. The molecule has 2 aromatic rings. The van der Waals surface area contributed by atoms with Gasteiger partial charge < -0.3 is 19.1 Å². The molecule has 3 heterocycles. The summed E-state index contributed by atoms with van der Waals surface area (Å²) in [6.45, 7) is 4.19. The first kappa shape index (κ1) is 15.9. The van der Waals surface area contributed by atoms with Crippen LogP contribution >= 0.6 is 0 Å². The van der Waals surface area contributed by atoms with E-state index in [0.29, 0.717) is 43.1 Å². The van der Waals surface area contributed by atoms with Gasteiger partial charge in [0.15, 0.2) is 0 Å². The van der Waals surface area contributed by atoms with Crippen molar-refractivity contribution in [2.75, 3.05) is 13.1 Å². The molecule has 0 radical (unpaired) electrons. The summed E-state index contributed by atoms with van der Waals surface area (Å²) in [6, 6.07) is 3.57. The van der Waals surface area contributed by atoms with E-state index in [0.717, 1.165) is 19.4 Å². The number of carboxylic acid groups (broad SMARTS) is 1. The molecule has 4 rings (SSSR count). The molecule has 2 aliphatic rings. The quantitative estimate of drug-likeness (QED) is 0.859. The number of hydrogen-bond acceptors (Lipinski definition) is 5. The molecular formula is C17H20N4O4. The maximum Gasteiger partial charge on any atom is 0.319 e. The SMILES string of the molecule is CCCCN1CCn2c(ccc2-c2noc(C3(C(=O)O)CC3)n2)C1=O. The first-order valence-corrected chi connectivity index (χ1v) is 8.63. The van der Waals surface area contributed by atoms with Crippen LogP contribution in [0.2, 0.25) is 0 Å². The van der Waals surface area contributed by atoms with Crippen molar-refractivity contribution in [3.8, 4) is 11.5 Å². The van der Waals surface area contributed by atoms with Gasteiger partial charge in [-0.05, 0) is 31.4 Å². The van der Waals surface area contributed by atoms with Crippen molar-refractivity contribution >= 4 is 11.9 Å². The molecule has 0 atom stereocenters. The lowest BCUT2D eigenvalue weighted by molar-refractivity contribution is -0.140. The zero-order valence-electron chi connectivity index (χ0n) is 14.1. The summed E-state index contributed by atoms with van der Waals surface area (Å²) >= 11 is 0. The van der Waals surface area contributed by atoms with Gasteiger partial charge in [0, 0.05) is 19.6 Å². The Bertz CT molecular complexity index is 834. The lowest BCUT2D eigenvalue weighted by Crippen LogP contribution is -2.40. The summed E-state index contributed by atoms with van der Waals surface area (Å²) in [5, 5.41) is 13.3. The molecule has 1 aliphatic heterocycles. The zero-order chi connectivity index (χ0) is 17.6. The van der Waals surface area contributed by atoms with Crippen molar-refractivity contribution in [3.63, 3.8) is 0 Å². The zero-order valence-corrected chi connectivity index (χ0v) is 14.1. The van der Waals surface area contributed by atoms with Gasteiger partial charge in [0.1, 0.15) is 11.1 Å². The molecule has 0 bridgehead atoms. The number of hydrogen-bond donors (Lipinski definition) is 1. The molecule has 1 saturated carbocycles. The van der Waals surface area contributed by atoms with E-state index >= 15 is 0 Å². The predicted molar refractivity (Wildman–Crippen MR) is 87.1 cm³/mol. The van der Waals surface area contributed by atoms with Crippen LogP contribution in [0.5, 0.6) is 0 Å². The van der Waals surface area contributed by atoms with Crippen LogP contribution in [0.15, 0.2) is 16.7 Å². The Kier molecular flexibility index (Phi) is 3.63. The number of nitrogens with zero attached hydrogens (tertiary/aromatic N) is 4. The van der Waals surface area contributed by atoms with Gasteiger partial charge in [-0.1, -0.05) is 18.5 Å². The first-order chi connectivity index (χ1) is 12.1. The lowest BCUT2D eigenvalue weighted by Gasteiger charge is -2.29. The average Bonchev–Trinajstić information content (AvgIpc) is 3.08. The number of fused-ring (bicyclic) bond motifs is 1. The number of rotatable bonds is 6. The number of carbonyl (C=O) groups is 2. The van der Waals surface area contributed by atoms with Crippen molar-refractivity contribution in [1.29, 1.82) is 0 Å². The first-order valence-electron chi connectivity index (χ1n) is 8.63. The van der Waals surface area contributed by atoms with E-state index in [2.05, 4.69) is 17.1 Å². The second kappa shape index (κ2) is 5.72. The number of aliphatic carboxylic acids is 1. The molecule has 1 fully saturated rings. The summed E-state index contributed by atoms with van der Waals surface area (Å²) in [6.07, 6.45) is 3.07. The summed E-state index contributed by atoms with van der Waals surface area (Å²) < 4.78 is 7.11. The standard InChI is InChI=1S/C17H20N4O4/c1-2-3-8-20-9-10-21-11(4-5-12(21)14(20)22)13-18-15(25-19-13)17(6-7-17)16(23)24/h4-5H,2-3,6-10H2,1H3,(H,23,24). The molecule has 1 N–H and O–H groups in total. The van der Waals surface area contributed by atoms with Crippen molar-refractivity contribution in [3.05, 3.63) is 23.7 Å². The van der Waals surface area contributed by atoms with Gasteiger partial charge in [0.05, 0.1) is 5.69 Å². The second-order valence-corrected chi connectivity index (χ2v) is 6.71. The molecule has 0 aromatic carbocycles. The molecule has 0 saturated heterocycles. The van der Waals surface area contributed by atoms with Gasteiger partial charge in [-0.2, -0.15) is 4.98 Å². The van der Waals surface area contributed by atoms with Crippen molar-refractivity contribution in [1.82, 2.24) is 19.6 Å². The Balaban J connectivity index is 1.61. The van der Waals surface area contributed by atoms with Gasteiger partial charge >= 0.3 is 5.97 Å². The number of unbranched alkanes of at least 4 members (excludes halogenated alkanes) is 1. The molecule has 0 spiro atoms. The molecular weight excluding hydrogens is 324 g/mol. The normalized spacial score (nSPS) is 18.3. The van der Waals surface area contributed by atoms with E-state index in [1.54, 1.807) is 12.1 Å². The Hall–Kier alpha value is -2.64. The highest BCUT2D eigenvalue weighted by atomic mass is 16.5. The molecule has 8 nitrogen and oxygen atoms in total. The van der Waals surface area contributed by atoms with Gasteiger partial charge in [-0.25, -0.2) is 0 Å². The monoisotopic (exact) mass is 344 g/mol. The Morgan fingerprint density at radius 2 is 2.08 bits per heavy atom. The number of carbonyl (C=O) groups excluding carboxylic acids is 1. The van der Waals surface area contributed by atoms with Crippen molar-refractivity contribution < 1.29 is 19.2 Å². The molecule has 1 amide bonds. The molecule has 2 aromatic heterocycles. The van der Waals surface area contributed by atoms with E-state index in [4.69, 9.17) is 4.52 Å². The number of carboxylic acids is 1. The molecule has 0 unspecified atom stereocenters. The van der Waals surface area contributed by atoms with Crippen molar-refractivity contribution in [2.45, 2.75) is 44.6 Å². The fourth-order valence-electron chi connectivity index (χ4n) is 3.30. The maximum absolute atomic E-state index is 12.6. The van der Waals surface area contributed by atoms with Crippen LogP contribution < -0.4 is 0 Å². The lowest BCUT2D eigenvalue weighted by atomic mass is 10.1. The Morgan fingerprint density at radius 3 is 2.76 bits per heavy atom. The van der Waals surface area contributed by atoms with E-state index in [-0.39, 0.29) is 11.8 Å². The topological polar surface area (TPSA) is 101 Å². The fraction of sp³-hybridized carbons (Fsp3) is 0.529. The van der Waals surface area contributed by atoms with Crippen LogP contribution in [-0.4, -0.2) is 49.7 Å².